The molecule has 86 valence electrons. The number of ether oxygens (including phenoxy) is 1. The first-order valence-electron chi connectivity index (χ1n) is 4.29. The summed E-state index contributed by atoms with van der Waals surface area (Å²) >= 11 is 0. The van der Waals surface area contributed by atoms with Crippen molar-refractivity contribution < 1.29 is 24.2 Å². The highest BCUT2D eigenvalue weighted by molar-refractivity contribution is 5.82. The normalized spacial score (nSPS) is 11.3. The molecular formula is C8H14N2O5. The number of carboxylic acids is 1. The van der Waals surface area contributed by atoms with Crippen LogP contribution in [0.15, 0.2) is 0 Å². The number of carboxylic acid groups (broad SMARTS) is 1. The molecule has 0 aromatic heterocycles. The van der Waals surface area contributed by atoms with Gasteiger partial charge in [0, 0.05) is 13.5 Å². The summed E-state index contributed by atoms with van der Waals surface area (Å²) < 4.78 is 4.35. The number of aliphatic carboxylic acids is 1. The molecule has 0 aromatic rings. The predicted octanol–water partition coefficient (Wildman–Crippen LogP) is -0.678. The number of nitrogens with one attached hydrogen (secondary N) is 2. The van der Waals surface area contributed by atoms with Crippen LogP contribution >= 0.6 is 0 Å². The second-order valence-corrected chi connectivity index (χ2v) is 2.73. The number of carbonyl (C=O) groups excluding carboxylic acids is 2. The zero-order valence-electron chi connectivity index (χ0n) is 8.57. The number of hydrogen-bond donors (Lipinski definition) is 3. The van der Waals surface area contributed by atoms with Crippen molar-refractivity contribution in [2.45, 2.75) is 18.9 Å². The van der Waals surface area contributed by atoms with Crippen molar-refractivity contribution in [1.82, 2.24) is 10.6 Å². The van der Waals surface area contributed by atoms with Gasteiger partial charge in [-0.1, -0.05) is 0 Å². The maximum absolute atomic E-state index is 10.8. The van der Waals surface area contributed by atoms with E-state index in [1.54, 1.807) is 0 Å². The molecule has 0 aliphatic rings. The van der Waals surface area contributed by atoms with Crippen LogP contribution in [-0.4, -0.2) is 43.3 Å². The van der Waals surface area contributed by atoms with Crippen molar-refractivity contribution in [3.05, 3.63) is 0 Å². The summed E-state index contributed by atoms with van der Waals surface area (Å²) in [6, 6.07) is -1.70. The van der Waals surface area contributed by atoms with Crippen LogP contribution in [0.3, 0.4) is 0 Å². The maximum atomic E-state index is 10.8. The lowest BCUT2D eigenvalue weighted by Gasteiger charge is -2.13. The summed E-state index contributed by atoms with van der Waals surface area (Å²) in [6.07, 6.45) is -0.0626. The molecule has 0 saturated heterocycles. The fourth-order valence-electron chi connectivity index (χ4n) is 0.852. The van der Waals surface area contributed by atoms with Gasteiger partial charge in [0.15, 0.2) is 0 Å². The van der Waals surface area contributed by atoms with Crippen molar-refractivity contribution in [1.29, 1.82) is 0 Å². The minimum Gasteiger partial charge on any atom is -0.480 e. The number of esters is 1. The van der Waals surface area contributed by atoms with E-state index in [1.807, 2.05) is 0 Å². The largest absolute Gasteiger partial charge is 0.480 e. The highest BCUT2D eigenvalue weighted by Crippen LogP contribution is 1.99. The van der Waals surface area contributed by atoms with Gasteiger partial charge in [0.05, 0.1) is 7.11 Å². The first-order chi connectivity index (χ1) is 7.01. The molecule has 7 nitrogen and oxygen atoms in total. The zero-order valence-corrected chi connectivity index (χ0v) is 8.57. The summed E-state index contributed by atoms with van der Waals surface area (Å²) in [5, 5.41) is 13.1. The van der Waals surface area contributed by atoms with Crippen LogP contribution in [0, 0.1) is 0 Å². The first-order valence-corrected chi connectivity index (χ1v) is 4.29. The van der Waals surface area contributed by atoms with Gasteiger partial charge in [0.1, 0.15) is 6.04 Å². The molecule has 0 heterocycles. The Hall–Kier alpha value is -1.79. The van der Waals surface area contributed by atoms with Gasteiger partial charge in [-0.3, -0.25) is 4.79 Å². The Balaban J connectivity index is 4.11. The Kier molecular flexibility index (Phi) is 5.84. The molecule has 1 atom stereocenters. The molecule has 7 heteroatoms. The first kappa shape index (κ1) is 13.2. The minimum atomic E-state index is -1.19. The second-order valence-electron chi connectivity index (χ2n) is 2.73. The zero-order chi connectivity index (χ0) is 11.8. The van der Waals surface area contributed by atoms with Crippen LogP contribution in [0.5, 0.6) is 0 Å². The highest BCUT2D eigenvalue weighted by atomic mass is 16.5. The molecule has 0 rings (SSSR count). The number of hydrogen-bond acceptors (Lipinski definition) is 4. The van der Waals surface area contributed by atoms with Crippen LogP contribution < -0.4 is 10.6 Å². The minimum absolute atomic E-state index is 0.00454. The van der Waals surface area contributed by atoms with Crippen LogP contribution in [0.25, 0.3) is 0 Å². The van der Waals surface area contributed by atoms with E-state index in [-0.39, 0.29) is 12.8 Å². The van der Waals surface area contributed by atoms with Crippen molar-refractivity contribution in [3.8, 4) is 0 Å². The van der Waals surface area contributed by atoms with Crippen LogP contribution in [0.1, 0.15) is 12.8 Å². The van der Waals surface area contributed by atoms with E-state index in [2.05, 4.69) is 15.4 Å². The van der Waals surface area contributed by atoms with Crippen molar-refractivity contribution in [3.63, 3.8) is 0 Å². The molecule has 2 amide bonds. The van der Waals surface area contributed by atoms with E-state index in [9.17, 15) is 14.4 Å². The fraction of sp³-hybridized carbons (Fsp3) is 0.625. The number of carbonyl (C=O) groups is 3. The Morgan fingerprint density at radius 2 is 2.00 bits per heavy atom. The van der Waals surface area contributed by atoms with Gasteiger partial charge >= 0.3 is 18.0 Å². The summed E-state index contributed by atoms with van der Waals surface area (Å²) in [7, 11) is 2.58. The monoisotopic (exact) mass is 218 g/mol. The molecule has 0 spiro atoms. The second kappa shape index (κ2) is 6.63. The fourth-order valence-corrected chi connectivity index (χ4v) is 0.852. The third-order valence-corrected chi connectivity index (χ3v) is 1.70. The smallest absolute Gasteiger partial charge is 0.326 e. The Morgan fingerprint density at radius 3 is 2.40 bits per heavy atom. The lowest BCUT2D eigenvalue weighted by molar-refractivity contribution is -0.142. The Bertz CT molecular complexity index is 253. The average molecular weight is 218 g/mol. The van der Waals surface area contributed by atoms with Crippen LogP contribution in [0.2, 0.25) is 0 Å². The third kappa shape index (κ3) is 5.50. The van der Waals surface area contributed by atoms with Crippen molar-refractivity contribution in [2.24, 2.45) is 0 Å². The number of methoxy groups -OCH3 is 1. The van der Waals surface area contributed by atoms with Crippen LogP contribution in [0.4, 0.5) is 4.79 Å². The SMILES string of the molecule is CNC(=O)NC(CCC(=O)OC)C(=O)O. The molecule has 0 saturated carbocycles. The van der Waals surface area contributed by atoms with E-state index in [4.69, 9.17) is 5.11 Å². The Labute approximate surface area is 86.8 Å². The molecule has 0 aliphatic heterocycles. The molecule has 1 unspecified atom stereocenters. The van der Waals surface area contributed by atoms with Gasteiger partial charge in [-0.2, -0.15) is 0 Å². The van der Waals surface area contributed by atoms with Gasteiger partial charge in [-0.25, -0.2) is 9.59 Å². The summed E-state index contributed by atoms with van der Waals surface area (Å²) in [6.45, 7) is 0. The molecule has 15 heavy (non-hydrogen) atoms. The van der Waals surface area contributed by atoms with Crippen LogP contribution in [-0.2, 0) is 14.3 Å². The standard InChI is InChI=1S/C8H14N2O5/c1-9-8(14)10-5(7(12)13)3-4-6(11)15-2/h5H,3-4H2,1-2H3,(H,12,13)(H2,9,10,14). The summed E-state index contributed by atoms with van der Waals surface area (Å²) in [5.74, 6) is -1.71. The molecule has 0 radical (unpaired) electrons. The number of rotatable bonds is 5. The molecule has 3 N–H and O–H groups in total. The highest BCUT2D eigenvalue weighted by Gasteiger charge is 2.20. The van der Waals surface area contributed by atoms with E-state index in [0.29, 0.717) is 0 Å². The molecule has 0 fully saturated rings. The summed E-state index contributed by atoms with van der Waals surface area (Å²) in [4.78, 5) is 32.2. The van der Waals surface area contributed by atoms with Crippen molar-refractivity contribution in [2.75, 3.05) is 14.2 Å². The average Bonchev–Trinajstić information content (AvgIpc) is 2.22. The van der Waals surface area contributed by atoms with Gasteiger partial charge in [0.25, 0.3) is 0 Å². The quantitative estimate of drug-likeness (QED) is 0.530. The lowest BCUT2D eigenvalue weighted by Crippen LogP contribution is -2.45. The van der Waals surface area contributed by atoms with Gasteiger partial charge < -0.3 is 20.5 Å². The third-order valence-electron chi connectivity index (χ3n) is 1.70. The number of amides is 2. The van der Waals surface area contributed by atoms with Gasteiger partial charge in [-0.15, -0.1) is 0 Å². The lowest BCUT2D eigenvalue weighted by atomic mass is 10.1. The van der Waals surface area contributed by atoms with Gasteiger partial charge in [-0.05, 0) is 6.42 Å². The van der Waals surface area contributed by atoms with Crippen molar-refractivity contribution >= 4 is 18.0 Å². The predicted molar refractivity (Wildman–Crippen MR) is 50.3 cm³/mol. The van der Waals surface area contributed by atoms with Gasteiger partial charge in [0.2, 0.25) is 0 Å². The van der Waals surface area contributed by atoms with E-state index in [1.165, 1.54) is 14.2 Å². The Morgan fingerprint density at radius 1 is 1.40 bits per heavy atom. The van der Waals surface area contributed by atoms with E-state index >= 15 is 0 Å². The maximum Gasteiger partial charge on any atom is 0.326 e. The molecule has 0 aliphatic carbocycles. The van der Waals surface area contributed by atoms with E-state index in [0.717, 1.165) is 0 Å². The topological polar surface area (TPSA) is 105 Å². The molecular weight excluding hydrogens is 204 g/mol. The number of urea groups is 1. The molecule has 0 aromatic carbocycles. The van der Waals surface area contributed by atoms with E-state index < -0.39 is 24.0 Å². The molecule has 0 bridgehead atoms. The summed E-state index contributed by atoms with van der Waals surface area (Å²) in [5.41, 5.74) is 0.